The third kappa shape index (κ3) is 5.46. The predicted octanol–water partition coefficient (Wildman–Crippen LogP) is 3.17. The van der Waals surface area contributed by atoms with E-state index < -0.39 is 12.2 Å². The lowest BCUT2D eigenvalue weighted by molar-refractivity contribution is 0.0535. The van der Waals surface area contributed by atoms with E-state index in [-0.39, 0.29) is 24.6 Å². The van der Waals surface area contributed by atoms with Crippen molar-refractivity contribution in [3.8, 4) is 0 Å². The Bertz CT molecular complexity index is 1140. The summed E-state index contributed by atoms with van der Waals surface area (Å²) < 4.78 is 19.3. The lowest BCUT2D eigenvalue weighted by atomic mass is 10.0. The number of rotatable bonds is 5. The Labute approximate surface area is 213 Å². The van der Waals surface area contributed by atoms with Gasteiger partial charge in [0.1, 0.15) is 17.8 Å². The first kappa shape index (κ1) is 24.5. The van der Waals surface area contributed by atoms with Crippen molar-refractivity contribution in [1.29, 1.82) is 0 Å². The van der Waals surface area contributed by atoms with Crippen LogP contribution in [0.15, 0.2) is 24.4 Å². The second-order valence-electron chi connectivity index (χ2n) is 9.49. The summed E-state index contributed by atoms with van der Waals surface area (Å²) in [5, 5.41) is 9.76. The normalized spacial score (nSPS) is 22.6. The monoisotopic (exact) mass is 517 g/mol. The van der Waals surface area contributed by atoms with Gasteiger partial charge in [0.25, 0.3) is 0 Å². The molecule has 3 N–H and O–H groups in total. The van der Waals surface area contributed by atoms with Crippen molar-refractivity contribution < 1.29 is 18.7 Å². The molecule has 0 aliphatic carbocycles. The second-order valence-corrected chi connectivity index (χ2v) is 9.90. The van der Waals surface area contributed by atoms with Gasteiger partial charge in [-0.25, -0.2) is 19.0 Å². The van der Waals surface area contributed by atoms with Crippen LogP contribution in [0.25, 0.3) is 0 Å². The number of aromatic nitrogens is 2. The molecule has 4 heterocycles. The molecule has 0 spiro atoms. The molecular formula is C24H29ClFN7O3. The number of cyclic esters (lactones) is 1. The number of fused-ring (bicyclic) bond motifs is 1. The summed E-state index contributed by atoms with van der Waals surface area (Å²) in [5.74, 6) is 0.550. The highest BCUT2D eigenvalue weighted by molar-refractivity contribution is 6.32. The van der Waals surface area contributed by atoms with Crippen LogP contribution in [0.2, 0.25) is 5.02 Å². The zero-order valence-corrected chi connectivity index (χ0v) is 20.7. The van der Waals surface area contributed by atoms with E-state index in [0.717, 1.165) is 17.8 Å². The van der Waals surface area contributed by atoms with Gasteiger partial charge in [-0.3, -0.25) is 0 Å². The van der Waals surface area contributed by atoms with E-state index >= 15 is 0 Å². The van der Waals surface area contributed by atoms with E-state index in [1.54, 1.807) is 17.0 Å². The second kappa shape index (κ2) is 10.4. The van der Waals surface area contributed by atoms with Crippen molar-refractivity contribution in [3.05, 3.63) is 40.5 Å². The molecule has 0 bridgehead atoms. The number of anilines is 3. The van der Waals surface area contributed by atoms with Crippen LogP contribution in [0.4, 0.5) is 26.6 Å². The third-order valence-electron chi connectivity index (χ3n) is 6.86. The van der Waals surface area contributed by atoms with Gasteiger partial charge in [0.05, 0.1) is 17.8 Å². The summed E-state index contributed by atoms with van der Waals surface area (Å²) in [6, 6.07) is 4.76. The van der Waals surface area contributed by atoms with Gasteiger partial charge in [-0.2, -0.15) is 4.98 Å². The van der Waals surface area contributed by atoms with Crippen LogP contribution in [0.3, 0.4) is 0 Å². The van der Waals surface area contributed by atoms with Crippen molar-refractivity contribution in [2.24, 2.45) is 0 Å². The maximum absolute atomic E-state index is 14.3. The number of alkyl halides is 1. The summed E-state index contributed by atoms with van der Waals surface area (Å²) >= 11 is 6.34. The number of hydrogen-bond donors (Lipinski definition) is 3. The molecule has 2 amide bonds. The van der Waals surface area contributed by atoms with Gasteiger partial charge in [0.2, 0.25) is 5.95 Å². The molecule has 0 unspecified atom stereocenters. The first-order valence-electron chi connectivity index (χ1n) is 12.1. The Kier molecular flexibility index (Phi) is 7.10. The van der Waals surface area contributed by atoms with E-state index in [1.807, 2.05) is 18.0 Å². The van der Waals surface area contributed by atoms with Crippen LogP contribution in [-0.2, 0) is 11.3 Å². The summed E-state index contributed by atoms with van der Waals surface area (Å²) in [7, 11) is 1.89. The summed E-state index contributed by atoms with van der Waals surface area (Å²) in [5.41, 5.74) is 2.11. The fourth-order valence-electron chi connectivity index (χ4n) is 4.76. The number of esters is 1. The standard InChI is InChI=1S/C24H29ClFN7O3/c1-32-7-6-20(19(26)12-32)30-24(35)33-8-4-15(5-9-33)28-21-18(25)11-27-23(31-21)29-16-2-3-17-14(10-16)13-36-22(17)34/h2-3,10-11,15,19-20H,4-9,12-13H2,1H3,(H,30,35)(H2,27,28,29,31)/t19-,20+/m0/s1. The molecule has 3 aliphatic heterocycles. The zero-order valence-electron chi connectivity index (χ0n) is 20.0. The van der Waals surface area contributed by atoms with Crippen molar-refractivity contribution in [3.63, 3.8) is 0 Å². The lowest BCUT2D eigenvalue weighted by Gasteiger charge is -2.36. The number of amides is 2. The van der Waals surface area contributed by atoms with E-state index in [4.69, 9.17) is 16.3 Å². The number of likely N-dealkylation sites (tertiary alicyclic amines) is 2. The number of piperidine rings is 2. The fraction of sp³-hybridized carbons (Fsp3) is 0.500. The highest BCUT2D eigenvalue weighted by atomic mass is 35.5. The Hall–Kier alpha value is -3.18. The van der Waals surface area contributed by atoms with E-state index in [9.17, 15) is 14.0 Å². The van der Waals surface area contributed by atoms with Crippen molar-refractivity contribution in [2.75, 3.05) is 43.9 Å². The number of ether oxygens (including phenoxy) is 1. The minimum absolute atomic E-state index is 0.0784. The minimum Gasteiger partial charge on any atom is -0.457 e. The molecule has 1 aromatic carbocycles. The Morgan fingerprint density at radius 1 is 1.22 bits per heavy atom. The summed E-state index contributed by atoms with van der Waals surface area (Å²) in [6.45, 7) is 2.47. The molecule has 0 saturated carbocycles. The number of benzene rings is 1. The van der Waals surface area contributed by atoms with Gasteiger partial charge < -0.3 is 30.5 Å². The van der Waals surface area contributed by atoms with E-state index in [1.165, 1.54) is 6.20 Å². The molecule has 5 rings (SSSR count). The minimum atomic E-state index is -1.05. The zero-order chi connectivity index (χ0) is 25.2. The van der Waals surface area contributed by atoms with Crippen LogP contribution in [-0.4, -0.2) is 83.3 Å². The van der Waals surface area contributed by atoms with E-state index in [2.05, 4.69) is 25.9 Å². The van der Waals surface area contributed by atoms with Gasteiger partial charge in [0.15, 0.2) is 5.82 Å². The average molecular weight is 518 g/mol. The Morgan fingerprint density at radius 2 is 2.03 bits per heavy atom. The molecule has 192 valence electrons. The highest BCUT2D eigenvalue weighted by Gasteiger charge is 2.31. The SMILES string of the molecule is CN1CC[C@@H](NC(=O)N2CCC(Nc3nc(Nc4ccc5c(c4)COC5=O)ncc3Cl)CC2)[C@@H](F)C1. The predicted molar refractivity (Wildman–Crippen MR) is 133 cm³/mol. The summed E-state index contributed by atoms with van der Waals surface area (Å²) in [4.78, 5) is 36.7. The smallest absolute Gasteiger partial charge is 0.338 e. The van der Waals surface area contributed by atoms with Crippen LogP contribution in [0, 0.1) is 0 Å². The van der Waals surface area contributed by atoms with Crippen LogP contribution < -0.4 is 16.0 Å². The summed E-state index contributed by atoms with van der Waals surface area (Å²) in [6.07, 6.45) is 2.50. The van der Waals surface area contributed by atoms with Gasteiger partial charge >= 0.3 is 12.0 Å². The average Bonchev–Trinajstić information content (AvgIpc) is 3.23. The molecule has 1 aromatic heterocycles. The van der Waals surface area contributed by atoms with Gasteiger partial charge in [-0.05, 0) is 44.5 Å². The highest BCUT2D eigenvalue weighted by Crippen LogP contribution is 2.27. The Balaban J connectivity index is 1.14. The molecule has 3 aliphatic rings. The van der Waals surface area contributed by atoms with Crippen molar-refractivity contribution in [2.45, 2.75) is 44.1 Å². The number of carbonyl (C=O) groups is 2. The molecule has 2 fully saturated rings. The number of nitrogens with one attached hydrogen (secondary N) is 3. The number of carbonyl (C=O) groups excluding carboxylic acids is 2. The number of hydrogen-bond acceptors (Lipinski definition) is 8. The molecule has 2 saturated heterocycles. The van der Waals surface area contributed by atoms with Crippen LogP contribution in [0.1, 0.15) is 35.2 Å². The van der Waals surface area contributed by atoms with Crippen molar-refractivity contribution in [1.82, 2.24) is 25.1 Å². The maximum Gasteiger partial charge on any atom is 0.338 e. The molecule has 12 heteroatoms. The molecular weight excluding hydrogens is 489 g/mol. The van der Waals surface area contributed by atoms with Crippen LogP contribution in [0.5, 0.6) is 0 Å². The van der Waals surface area contributed by atoms with Gasteiger partial charge in [-0.15, -0.1) is 0 Å². The molecule has 10 nitrogen and oxygen atoms in total. The number of halogens is 2. The van der Waals surface area contributed by atoms with Crippen molar-refractivity contribution >= 4 is 41.1 Å². The molecule has 2 aromatic rings. The maximum atomic E-state index is 14.3. The lowest BCUT2D eigenvalue weighted by Crippen LogP contribution is -2.55. The first-order valence-corrected chi connectivity index (χ1v) is 12.5. The molecule has 0 radical (unpaired) electrons. The molecule has 36 heavy (non-hydrogen) atoms. The third-order valence-corrected chi connectivity index (χ3v) is 7.14. The Morgan fingerprint density at radius 3 is 2.81 bits per heavy atom. The fourth-order valence-corrected chi connectivity index (χ4v) is 4.90. The topological polar surface area (TPSA) is 112 Å². The number of nitrogens with zero attached hydrogens (tertiary/aromatic N) is 4. The largest absolute Gasteiger partial charge is 0.457 e. The van der Waals surface area contributed by atoms with E-state index in [0.29, 0.717) is 61.2 Å². The van der Waals surface area contributed by atoms with Crippen LogP contribution >= 0.6 is 11.6 Å². The van der Waals surface area contributed by atoms with Gasteiger partial charge in [-0.1, -0.05) is 11.6 Å². The quantitative estimate of drug-likeness (QED) is 0.519. The molecule has 2 atom stereocenters. The number of urea groups is 1. The van der Waals surface area contributed by atoms with Gasteiger partial charge in [0, 0.05) is 43.5 Å². The first-order chi connectivity index (χ1) is 17.4.